The molecule has 6 nitrogen and oxygen atoms in total. The summed E-state index contributed by atoms with van der Waals surface area (Å²) in [5.41, 5.74) is 0. The first-order valence-electron chi connectivity index (χ1n) is 6.97. The number of nitrogens with zero attached hydrogens (tertiary/aromatic N) is 2. The number of hydrogen-bond donors (Lipinski definition) is 1. The molecule has 2 aliphatic rings. The summed E-state index contributed by atoms with van der Waals surface area (Å²) in [5, 5.41) is 9.02. The molecule has 0 saturated carbocycles. The molecule has 1 aromatic rings. The Morgan fingerprint density at radius 3 is 2.81 bits per heavy atom. The Balaban J connectivity index is 1.88. The first-order chi connectivity index (χ1) is 9.89. The molecule has 2 fully saturated rings. The molecule has 0 aromatic carbocycles. The van der Waals surface area contributed by atoms with Crippen molar-refractivity contribution >= 4 is 27.3 Å². The van der Waals surface area contributed by atoms with E-state index < -0.39 is 16.0 Å². The van der Waals surface area contributed by atoms with E-state index in [0.717, 1.165) is 37.3 Å². The van der Waals surface area contributed by atoms with Gasteiger partial charge in [0.15, 0.2) is 0 Å². The summed E-state index contributed by atoms with van der Waals surface area (Å²) < 4.78 is 27.0. The van der Waals surface area contributed by atoms with Gasteiger partial charge in [-0.05, 0) is 32.4 Å². The fraction of sp³-hybridized carbons (Fsp3) is 0.615. The lowest BCUT2D eigenvalue weighted by Crippen LogP contribution is -2.51. The first kappa shape index (κ1) is 15.0. The van der Waals surface area contributed by atoms with Crippen molar-refractivity contribution in [2.24, 2.45) is 0 Å². The maximum Gasteiger partial charge on any atom is 0.345 e. The molecule has 8 heteroatoms. The fourth-order valence-electron chi connectivity index (χ4n) is 3.15. The van der Waals surface area contributed by atoms with Crippen LogP contribution in [0.5, 0.6) is 0 Å². The number of rotatable bonds is 3. The lowest BCUT2D eigenvalue weighted by Gasteiger charge is -2.36. The van der Waals surface area contributed by atoms with Crippen molar-refractivity contribution in [1.29, 1.82) is 0 Å². The Kier molecular flexibility index (Phi) is 3.81. The van der Waals surface area contributed by atoms with Crippen LogP contribution in [0, 0.1) is 6.92 Å². The molecule has 1 atom stereocenters. The van der Waals surface area contributed by atoms with Crippen LogP contribution in [0.2, 0.25) is 0 Å². The van der Waals surface area contributed by atoms with E-state index in [4.69, 9.17) is 5.11 Å². The Morgan fingerprint density at radius 1 is 1.38 bits per heavy atom. The molecule has 2 aliphatic heterocycles. The summed E-state index contributed by atoms with van der Waals surface area (Å²) in [6.45, 7) is 4.48. The maximum absolute atomic E-state index is 12.8. The molecule has 2 saturated heterocycles. The van der Waals surface area contributed by atoms with Gasteiger partial charge < -0.3 is 5.11 Å². The summed E-state index contributed by atoms with van der Waals surface area (Å²) in [6.07, 6.45) is 2.16. The minimum absolute atomic E-state index is 0.0746. The van der Waals surface area contributed by atoms with Crippen LogP contribution in [0.4, 0.5) is 0 Å². The molecule has 3 rings (SSSR count). The van der Waals surface area contributed by atoms with Crippen LogP contribution in [-0.2, 0) is 10.0 Å². The van der Waals surface area contributed by atoms with Crippen molar-refractivity contribution in [3.63, 3.8) is 0 Å². The fourth-order valence-corrected chi connectivity index (χ4v) is 6.01. The summed E-state index contributed by atoms with van der Waals surface area (Å²) in [6, 6.07) is 1.60. The molecule has 1 unspecified atom stereocenters. The van der Waals surface area contributed by atoms with Crippen molar-refractivity contribution in [3.8, 4) is 0 Å². The third-order valence-corrected chi connectivity index (χ3v) is 7.41. The smallest absolute Gasteiger partial charge is 0.345 e. The van der Waals surface area contributed by atoms with Gasteiger partial charge in [0.05, 0.1) is 4.90 Å². The minimum atomic E-state index is -3.59. The number of hydrogen-bond acceptors (Lipinski definition) is 5. The van der Waals surface area contributed by atoms with Gasteiger partial charge in [-0.1, -0.05) is 0 Å². The van der Waals surface area contributed by atoms with Gasteiger partial charge in [-0.2, -0.15) is 4.31 Å². The van der Waals surface area contributed by atoms with Gasteiger partial charge in [-0.3, -0.25) is 4.90 Å². The second kappa shape index (κ2) is 5.35. The van der Waals surface area contributed by atoms with Crippen LogP contribution < -0.4 is 0 Å². The molecule has 0 bridgehead atoms. The normalized spacial score (nSPS) is 24.1. The lowest BCUT2D eigenvalue weighted by atomic mass is 10.2. The molecule has 3 heterocycles. The molecule has 0 aliphatic carbocycles. The molecule has 0 amide bonds. The quantitative estimate of drug-likeness (QED) is 0.902. The zero-order valence-corrected chi connectivity index (χ0v) is 13.4. The van der Waals surface area contributed by atoms with Gasteiger partial charge in [-0.15, -0.1) is 11.3 Å². The van der Waals surface area contributed by atoms with Crippen molar-refractivity contribution < 1.29 is 18.3 Å². The van der Waals surface area contributed by atoms with E-state index in [1.54, 1.807) is 6.92 Å². The monoisotopic (exact) mass is 330 g/mol. The van der Waals surface area contributed by atoms with E-state index >= 15 is 0 Å². The van der Waals surface area contributed by atoms with Gasteiger partial charge in [0.25, 0.3) is 0 Å². The van der Waals surface area contributed by atoms with Gasteiger partial charge in [0, 0.05) is 30.6 Å². The molecular formula is C13H18N2O4S2. The number of fused-ring (bicyclic) bond motifs is 1. The Bertz CT molecular complexity index is 668. The van der Waals surface area contributed by atoms with E-state index in [2.05, 4.69) is 4.90 Å². The van der Waals surface area contributed by atoms with Gasteiger partial charge in [0.2, 0.25) is 10.0 Å². The average Bonchev–Trinajstić information content (AvgIpc) is 3.03. The Morgan fingerprint density at radius 2 is 2.14 bits per heavy atom. The highest BCUT2D eigenvalue weighted by Crippen LogP contribution is 2.31. The predicted octanol–water partition coefficient (Wildman–Crippen LogP) is 1.22. The minimum Gasteiger partial charge on any atom is -0.477 e. The highest BCUT2D eigenvalue weighted by atomic mass is 32.2. The van der Waals surface area contributed by atoms with E-state index in [9.17, 15) is 13.2 Å². The molecule has 1 N–H and O–H groups in total. The maximum atomic E-state index is 12.8. The number of carboxylic acid groups (broad SMARTS) is 1. The molecular weight excluding hydrogens is 312 g/mol. The number of sulfonamides is 1. The highest BCUT2D eigenvalue weighted by Gasteiger charge is 2.37. The number of piperazine rings is 1. The van der Waals surface area contributed by atoms with Gasteiger partial charge in [0.1, 0.15) is 4.88 Å². The Hall–Kier alpha value is -0.960. The van der Waals surface area contributed by atoms with Gasteiger partial charge in [-0.25, -0.2) is 13.2 Å². The standard InChI is InChI=1S/C13H18N2O4S2/c1-9-12(7-11(20-9)13(16)17)21(18,19)15-6-5-14-4-2-3-10(14)8-15/h7,10H,2-6,8H2,1H3,(H,16,17). The van der Waals surface area contributed by atoms with E-state index in [1.165, 1.54) is 10.4 Å². The third-order valence-electron chi connectivity index (χ3n) is 4.25. The topological polar surface area (TPSA) is 77.9 Å². The van der Waals surface area contributed by atoms with Crippen molar-refractivity contribution in [1.82, 2.24) is 9.21 Å². The largest absolute Gasteiger partial charge is 0.477 e. The summed E-state index contributed by atoms with van der Waals surface area (Å²) in [4.78, 5) is 14.1. The van der Waals surface area contributed by atoms with Crippen molar-refractivity contribution in [2.75, 3.05) is 26.2 Å². The highest BCUT2D eigenvalue weighted by molar-refractivity contribution is 7.89. The van der Waals surface area contributed by atoms with Crippen molar-refractivity contribution in [3.05, 3.63) is 15.8 Å². The summed E-state index contributed by atoms with van der Waals surface area (Å²) in [7, 11) is -3.59. The lowest BCUT2D eigenvalue weighted by molar-refractivity contribution is 0.0702. The summed E-state index contributed by atoms with van der Waals surface area (Å²) in [5.74, 6) is -1.08. The SMILES string of the molecule is Cc1sc(C(=O)O)cc1S(=O)(=O)N1CCN2CCCC2C1. The number of aromatic carboxylic acids is 1. The van der Waals surface area contributed by atoms with Crippen LogP contribution in [0.1, 0.15) is 27.4 Å². The zero-order valence-electron chi connectivity index (χ0n) is 11.8. The number of carbonyl (C=O) groups is 1. The zero-order chi connectivity index (χ0) is 15.2. The molecule has 21 heavy (non-hydrogen) atoms. The average molecular weight is 330 g/mol. The first-order valence-corrected chi connectivity index (χ1v) is 9.23. The van der Waals surface area contributed by atoms with Crippen LogP contribution in [0.3, 0.4) is 0 Å². The predicted molar refractivity (Wildman–Crippen MR) is 79.4 cm³/mol. The van der Waals surface area contributed by atoms with Crippen LogP contribution in [0.25, 0.3) is 0 Å². The van der Waals surface area contributed by atoms with E-state index in [1.807, 2.05) is 0 Å². The second-order valence-corrected chi connectivity index (χ2v) is 8.69. The van der Waals surface area contributed by atoms with E-state index in [-0.39, 0.29) is 9.77 Å². The number of aryl methyl sites for hydroxylation is 1. The van der Waals surface area contributed by atoms with E-state index in [0.29, 0.717) is 24.0 Å². The molecule has 1 aromatic heterocycles. The number of thiophene rings is 1. The molecule has 116 valence electrons. The number of carboxylic acids is 1. The van der Waals surface area contributed by atoms with Crippen LogP contribution in [-0.4, -0.2) is 60.9 Å². The molecule has 0 radical (unpaired) electrons. The van der Waals surface area contributed by atoms with Gasteiger partial charge >= 0.3 is 5.97 Å². The third kappa shape index (κ3) is 2.61. The second-order valence-electron chi connectivity index (χ2n) is 5.53. The summed E-state index contributed by atoms with van der Waals surface area (Å²) >= 11 is 1.02. The van der Waals surface area contributed by atoms with Crippen LogP contribution in [0.15, 0.2) is 11.0 Å². The van der Waals surface area contributed by atoms with Crippen LogP contribution >= 0.6 is 11.3 Å². The molecule has 0 spiro atoms. The van der Waals surface area contributed by atoms with Crippen molar-refractivity contribution in [2.45, 2.75) is 30.7 Å². The Labute approximate surface area is 128 Å².